The second kappa shape index (κ2) is 5.62. The third kappa shape index (κ3) is 2.49. The molecule has 0 saturated heterocycles. The van der Waals surface area contributed by atoms with Gasteiger partial charge in [-0.2, -0.15) is 5.10 Å². The second-order valence-corrected chi connectivity index (χ2v) is 8.20. The lowest BCUT2D eigenvalue weighted by atomic mass is 9.70. The van der Waals surface area contributed by atoms with E-state index in [-0.39, 0.29) is 16.7 Å². The van der Waals surface area contributed by atoms with Gasteiger partial charge in [-0.25, -0.2) is 5.43 Å². The van der Waals surface area contributed by atoms with Gasteiger partial charge in [-0.15, -0.1) is 0 Å². The standard InChI is InChI=1S/C18H23BrN2O2/c1-17(2)12-7-8-18(17,3)15(10-12)20-21-16(22)11-5-6-14(23-4)13(19)9-11/h5-6,9,12H,7-8,10H2,1-4H3,(H,21,22)/b20-15-/t12-,18+/m0/s1. The molecule has 0 radical (unpaired) electrons. The van der Waals surface area contributed by atoms with Crippen molar-refractivity contribution in [2.45, 2.75) is 40.0 Å². The Hall–Kier alpha value is -1.36. The van der Waals surface area contributed by atoms with Crippen LogP contribution in [0.4, 0.5) is 0 Å². The number of halogens is 1. The Morgan fingerprint density at radius 1 is 1.39 bits per heavy atom. The number of methoxy groups -OCH3 is 1. The quantitative estimate of drug-likeness (QED) is 0.792. The highest BCUT2D eigenvalue weighted by atomic mass is 79.9. The molecule has 5 heteroatoms. The van der Waals surface area contributed by atoms with E-state index in [1.165, 1.54) is 6.42 Å². The molecule has 1 aromatic rings. The van der Waals surface area contributed by atoms with E-state index in [0.717, 1.165) is 23.0 Å². The number of hydrazone groups is 1. The van der Waals surface area contributed by atoms with Gasteiger partial charge >= 0.3 is 0 Å². The van der Waals surface area contributed by atoms with Crippen LogP contribution in [0.15, 0.2) is 27.8 Å². The summed E-state index contributed by atoms with van der Waals surface area (Å²) in [5.74, 6) is 1.19. The molecule has 2 aliphatic rings. The Labute approximate surface area is 145 Å². The number of fused-ring (bicyclic) bond motifs is 2. The SMILES string of the molecule is COc1ccc(C(=O)N/N=C2/C[C@@H]3CC[C@@]2(C)C3(C)C)cc1Br. The largest absolute Gasteiger partial charge is 0.496 e. The minimum atomic E-state index is -0.190. The van der Waals surface area contributed by atoms with Crippen LogP contribution < -0.4 is 10.2 Å². The van der Waals surface area contributed by atoms with Gasteiger partial charge in [0.15, 0.2) is 0 Å². The summed E-state index contributed by atoms with van der Waals surface area (Å²) in [7, 11) is 1.60. The van der Waals surface area contributed by atoms with Gasteiger partial charge in [-0.05, 0) is 64.7 Å². The number of nitrogens with zero attached hydrogens (tertiary/aromatic N) is 1. The van der Waals surface area contributed by atoms with Crippen LogP contribution in [0, 0.1) is 16.7 Å². The molecule has 0 heterocycles. The number of ether oxygens (including phenoxy) is 1. The molecule has 1 aromatic carbocycles. The third-order valence-corrected chi connectivity index (χ3v) is 6.84. The number of carbonyl (C=O) groups is 1. The molecule has 2 bridgehead atoms. The Morgan fingerprint density at radius 2 is 2.13 bits per heavy atom. The molecule has 0 spiro atoms. The van der Waals surface area contributed by atoms with Crippen molar-refractivity contribution in [2.24, 2.45) is 21.8 Å². The number of rotatable bonds is 3. The van der Waals surface area contributed by atoms with Crippen molar-refractivity contribution < 1.29 is 9.53 Å². The minimum absolute atomic E-state index is 0.103. The molecule has 3 rings (SSSR count). The number of hydrogen-bond donors (Lipinski definition) is 1. The highest BCUT2D eigenvalue weighted by Gasteiger charge is 2.59. The first-order valence-electron chi connectivity index (χ1n) is 8.00. The van der Waals surface area contributed by atoms with Gasteiger partial charge in [0, 0.05) is 16.7 Å². The van der Waals surface area contributed by atoms with E-state index < -0.39 is 0 Å². The molecule has 1 amide bonds. The lowest BCUT2D eigenvalue weighted by molar-refractivity contribution is 0.0953. The van der Waals surface area contributed by atoms with Crippen LogP contribution in [-0.2, 0) is 0 Å². The maximum Gasteiger partial charge on any atom is 0.271 e. The summed E-state index contributed by atoms with van der Waals surface area (Å²) in [5, 5.41) is 4.49. The van der Waals surface area contributed by atoms with E-state index in [0.29, 0.717) is 17.2 Å². The molecule has 2 atom stereocenters. The maximum absolute atomic E-state index is 12.3. The number of amides is 1. The van der Waals surface area contributed by atoms with E-state index in [2.05, 4.69) is 47.2 Å². The Kier molecular flexibility index (Phi) is 4.03. The minimum Gasteiger partial charge on any atom is -0.496 e. The molecule has 4 nitrogen and oxygen atoms in total. The molecule has 0 aromatic heterocycles. The highest BCUT2D eigenvalue weighted by Crippen LogP contribution is 2.63. The van der Waals surface area contributed by atoms with Crippen LogP contribution in [-0.4, -0.2) is 18.7 Å². The zero-order valence-electron chi connectivity index (χ0n) is 14.1. The molecular formula is C18H23BrN2O2. The van der Waals surface area contributed by atoms with Crippen molar-refractivity contribution in [3.05, 3.63) is 28.2 Å². The smallest absolute Gasteiger partial charge is 0.271 e. The van der Waals surface area contributed by atoms with Gasteiger partial charge in [-0.3, -0.25) is 4.79 Å². The van der Waals surface area contributed by atoms with Gasteiger partial charge in [0.05, 0.1) is 11.6 Å². The van der Waals surface area contributed by atoms with E-state index in [1.54, 1.807) is 25.3 Å². The molecule has 2 fully saturated rings. The Bertz CT molecular complexity index is 684. The molecule has 2 saturated carbocycles. The normalized spacial score (nSPS) is 29.8. The van der Waals surface area contributed by atoms with Crippen molar-refractivity contribution in [2.75, 3.05) is 7.11 Å². The first-order chi connectivity index (χ1) is 10.8. The van der Waals surface area contributed by atoms with Crippen molar-refractivity contribution in [1.82, 2.24) is 5.43 Å². The number of nitrogens with one attached hydrogen (secondary N) is 1. The molecule has 124 valence electrons. The summed E-state index contributed by atoms with van der Waals surface area (Å²) in [5.41, 5.74) is 4.81. The summed E-state index contributed by atoms with van der Waals surface area (Å²) < 4.78 is 5.94. The van der Waals surface area contributed by atoms with E-state index in [9.17, 15) is 4.79 Å². The van der Waals surface area contributed by atoms with E-state index >= 15 is 0 Å². The molecule has 0 unspecified atom stereocenters. The predicted octanol–water partition coefficient (Wildman–Crippen LogP) is 4.39. The summed E-state index contributed by atoms with van der Waals surface area (Å²) in [6.07, 6.45) is 3.42. The number of benzene rings is 1. The summed E-state index contributed by atoms with van der Waals surface area (Å²) in [6, 6.07) is 5.26. The molecule has 23 heavy (non-hydrogen) atoms. The van der Waals surface area contributed by atoms with Crippen LogP contribution >= 0.6 is 15.9 Å². The summed E-state index contributed by atoms with van der Waals surface area (Å²) in [6.45, 7) is 6.94. The van der Waals surface area contributed by atoms with Crippen molar-refractivity contribution >= 4 is 27.5 Å². The maximum atomic E-state index is 12.3. The van der Waals surface area contributed by atoms with Gasteiger partial charge in [0.25, 0.3) is 5.91 Å². The number of hydrogen-bond acceptors (Lipinski definition) is 3. The Balaban J connectivity index is 1.76. The fourth-order valence-corrected chi connectivity index (χ4v) is 4.63. The first kappa shape index (κ1) is 16.5. The Morgan fingerprint density at radius 3 is 2.65 bits per heavy atom. The zero-order valence-corrected chi connectivity index (χ0v) is 15.7. The van der Waals surface area contributed by atoms with Gasteiger partial charge in [-0.1, -0.05) is 20.8 Å². The third-order valence-electron chi connectivity index (χ3n) is 6.22. The lowest BCUT2D eigenvalue weighted by Gasteiger charge is -2.34. The topological polar surface area (TPSA) is 50.7 Å². The van der Waals surface area contributed by atoms with Crippen molar-refractivity contribution in [1.29, 1.82) is 0 Å². The first-order valence-corrected chi connectivity index (χ1v) is 8.80. The van der Waals surface area contributed by atoms with Crippen LogP contribution in [0.2, 0.25) is 0 Å². The van der Waals surface area contributed by atoms with Gasteiger partial charge < -0.3 is 4.74 Å². The van der Waals surface area contributed by atoms with Crippen LogP contribution in [0.25, 0.3) is 0 Å². The van der Waals surface area contributed by atoms with Crippen LogP contribution in [0.1, 0.15) is 50.4 Å². The van der Waals surface area contributed by atoms with E-state index in [1.807, 2.05) is 0 Å². The van der Waals surface area contributed by atoms with Gasteiger partial charge in [0.1, 0.15) is 5.75 Å². The van der Waals surface area contributed by atoms with Crippen LogP contribution in [0.3, 0.4) is 0 Å². The fraction of sp³-hybridized carbons (Fsp3) is 0.556. The molecule has 1 N–H and O–H groups in total. The summed E-state index contributed by atoms with van der Waals surface area (Å²) >= 11 is 3.40. The average molecular weight is 379 g/mol. The summed E-state index contributed by atoms with van der Waals surface area (Å²) in [4.78, 5) is 12.3. The van der Waals surface area contributed by atoms with Gasteiger partial charge in [0.2, 0.25) is 0 Å². The highest BCUT2D eigenvalue weighted by molar-refractivity contribution is 9.10. The molecule has 0 aliphatic heterocycles. The number of carbonyl (C=O) groups excluding carboxylic acids is 1. The predicted molar refractivity (Wildman–Crippen MR) is 94.8 cm³/mol. The van der Waals surface area contributed by atoms with Crippen molar-refractivity contribution in [3.63, 3.8) is 0 Å². The molecular weight excluding hydrogens is 356 g/mol. The van der Waals surface area contributed by atoms with Crippen LogP contribution in [0.5, 0.6) is 5.75 Å². The zero-order chi connectivity index (χ0) is 16.8. The lowest BCUT2D eigenvalue weighted by Crippen LogP contribution is -2.34. The fourth-order valence-electron chi connectivity index (χ4n) is 4.09. The second-order valence-electron chi connectivity index (χ2n) is 7.34. The average Bonchev–Trinajstić information content (AvgIpc) is 2.85. The van der Waals surface area contributed by atoms with E-state index in [4.69, 9.17) is 4.74 Å². The molecule has 2 aliphatic carbocycles. The van der Waals surface area contributed by atoms with Crippen molar-refractivity contribution in [3.8, 4) is 5.75 Å². The monoisotopic (exact) mass is 378 g/mol.